The summed E-state index contributed by atoms with van der Waals surface area (Å²) in [5.74, 6) is -3.37. The Labute approximate surface area is 245 Å². The van der Waals surface area contributed by atoms with Gasteiger partial charge in [-0.15, -0.1) is 13.2 Å². The first-order valence-corrected chi connectivity index (χ1v) is 12.9. The quantitative estimate of drug-likeness (QED) is 0.280. The Hall–Kier alpha value is -4.49. The number of imide groups is 1. The van der Waals surface area contributed by atoms with Crippen LogP contribution in [0, 0.1) is 18.6 Å². The number of ether oxygens (including phenoxy) is 3. The van der Waals surface area contributed by atoms with Crippen molar-refractivity contribution in [3.63, 3.8) is 0 Å². The van der Waals surface area contributed by atoms with Gasteiger partial charge in [-0.1, -0.05) is 0 Å². The van der Waals surface area contributed by atoms with Gasteiger partial charge in [-0.05, 0) is 83.4 Å². The zero-order valence-corrected chi connectivity index (χ0v) is 24.5. The van der Waals surface area contributed by atoms with Gasteiger partial charge in [-0.3, -0.25) is 4.98 Å². The van der Waals surface area contributed by atoms with E-state index in [0.29, 0.717) is 27.8 Å². The van der Waals surface area contributed by atoms with Gasteiger partial charge >= 0.3 is 18.5 Å². The van der Waals surface area contributed by atoms with Gasteiger partial charge in [0.2, 0.25) is 0 Å². The number of hydrogen-bond donors (Lipinski definition) is 1. The van der Waals surface area contributed by atoms with Crippen LogP contribution in [-0.4, -0.2) is 39.7 Å². The standard InChI is InChI=1S/C29H31F5N4O5/c1-16-18(14-35-15-22(16)37-21-9-8-19(13-20(21)30)41-29(32,33)34)12-17-10-11-36-24(23(17)31)38(25(39)42-27(2,3)4)26(40)43-28(5,6)7/h8-11,13-15,37H,12H2,1-7H3. The predicted molar refractivity (Wildman–Crippen MR) is 147 cm³/mol. The maximum atomic E-state index is 15.9. The summed E-state index contributed by atoms with van der Waals surface area (Å²) in [6.07, 6.45) is -3.44. The van der Waals surface area contributed by atoms with E-state index in [4.69, 9.17) is 9.47 Å². The Morgan fingerprint density at radius 1 is 0.884 bits per heavy atom. The molecular formula is C29H31F5N4O5. The van der Waals surface area contributed by atoms with E-state index in [-0.39, 0.29) is 17.7 Å². The third kappa shape index (κ3) is 9.25. The Kier molecular flexibility index (Phi) is 9.52. The van der Waals surface area contributed by atoms with Crippen molar-refractivity contribution in [3.8, 4) is 5.75 Å². The number of aromatic nitrogens is 2. The summed E-state index contributed by atoms with van der Waals surface area (Å²) in [6, 6.07) is 3.94. The number of carbonyl (C=O) groups excluding carboxylic acids is 2. The van der Waals surface area contributed by atoms with Crippen molar-refractivity contribution in [1.29, 1.82) is 0 Å². The van der Waals surface area contributed by atoms with Crippen LogP contribution in [0.4, 0.5) is 48.7 Å². The minimum atomic E-state index is -4.98. The highest BCUT2D eigenvalue weighted by molar-refractivity contribution is 6.08. The summed E-state index contributed by atoms with van der Waals surface area (Å²) in [7, 11) is 0. The highest BCUT2D eigenvalue weighted by Crippen LogP contribution is 2.31. The van der Waals surface area contributed by atoms with Crippen molar-refractivity contribution >= 4 is 29.4 Å². The first-order valence-electron chi connectivity index (χ1n) is 12.9. The fraction of sp³-hybridized carbons (Fsp3) is 0.379. The Balaban J connectivity index is 1.93. The van der Waals surface area contributed by atoms with Gasteiger partial charge in [0.1, 0.15) is 22.8 Å². The molecule has 43 heavy (non-hydrogen) atoms. The Morgan fingerprint density at radius 2 is 1.49 bits per heavy atom. The van der Waals surface area contributed by atoms with Crippen LogP contribution in [-0.2, 0) is 15.9 Å². The summed E-state index contributed by atoms with van der Waals surface area (Å²) >= 11 is 0. The van der Waals surface area contributed by atoms with E-state index in [2.05, 4.69) is 20.0 Å². The fourth-order valence-electron chi connectivity index (χ4n) is 3.64. The lowest BCUT2D eigenvalue weighted by Gasteiger charge is -2.28. The number of benzene rings is 1. The van der Waals surface area contributed by atoms with Crippen molar-refractivity contribution in [2.45, 2.75) is 72.5 Å². The highest BCUT2D eigenvalue weighted by atomic mass is 19.4. The molecule has 3 rings (SSSR count). The smallest absolute Gasteiger partial charge is 0.443 e. The van der Waals surface area contributed by atoms with E-state index in [1.807, 2.05) is 0 Å². The van der Waals surface area contributed by atoms with E-state index < -0.39 is 53.0 Å². The molecule has 232 valence electrons. The molecule has 3 aromatic rings. The molecule has 0 aliphatic carbocycles. The summed E-state index contributed by atoms with van der Waals surface area (Å²) in [5, 5.41) is 2.76. The van der Waals surface area contributed by atoms with Crippen LogP contribution >= 0.6 is 0 Å². The summed E-state index contributed by atoms with van der Waals surface area (Å²) in [6.45, 7) is 11.1. The van der Waals surface area contributed by atoms with Crippen LogP contribution < -0.4 is 15.0 Å². The molecule has 0 fully saturated rings. The molecule has 1 aromatic carbocycles. The average molecular weight is 611 g/mol. The molecule has 0 bridgehead atoms. The van der Waals surface area contributed by atoms with Crippen molar-refractivity contribution < 1.29 is 45.8 Å². The summed E-state index contributed by atoms with van der Waals surface area (Å²) in [5.41, 5.74) is -0.888. The number of alkyl halides is 3. The predicted octanol–water partition coefficient (Wildman–Crippen LogP) is 7.97. The van der Waals surface area contributed by atoms with Crippen molar-refractivity contribution in [2.75, 3.05) is 10.2 Å². The number of anilines is 3. The number of rotatable bonds is 6. The molecule has 0 spiro atoms. The third-order valence-electron chi connectivity index (χ3n) is 5.46. The van der Waals surface area contributed by atoms with E-state index in [1.165, 1.54) is 24.7 Å². The second-order valence-corrected chi connectivity index (χ2v) is 11.4. The number of hydrogen-bond acceptors (Lipinski definition) is 8. The maximum Gasteiger partial charge on any atom is 0.573 e. The second-order valence-electron chi connectivity index (χ2n) is 11.4. The molecule has 2 aromatic heterocycles. The van der Waals surface area contributed by atoms with Gasteiger partial charge in [-0.2, -0.15) is 4.90 Å². The molecule has 2 heterocycles. The number of halogens is 5. The van der Waals surface area contributed by atoms with Crippen molar-refractivity contribution in [2.24, 2.45) is 0 Å². The van der Waals surface area contributed by atoms with Crippen LogP contribution in [0.5, 0.6) is 5.75 Å². The molecular weight excluding hydrogens is 579 g/mol. The van der Waals surface area contributed by atoms with Gasteiger partial charge in [0.05, 0.1) is 17.6 Å². The first-order chi connectivity index (χ1) is 19.7. The van der Waals surface area contributed by atoms with Crippen LogP contribution in [0.2, 0.25) is 0 Å². The van der Waals surface area contributed by atoms with Crippen molar-refractivity contribution in [3.05, 3.63) is 71.2 Å². The van der Waals surface area contributed by atoms with E-state index in [1.54, 1.807) is 48.5 Å². The van der Waals surface area contributed by atoms with E-state index in [0.717, 1.165) is 12.1 Å². The van der Waals surface area contributed by atoms with Crippen LogP contribution in [0.1, 0.15) is 58.2 Å². The Bertz CT molecular complexity index is 1470. The van der Waals surface area contributed by atoms with Gasteiger partial charge < -0.3 is 19.5 Å². The number of nitrogens with zero attached hydrogens (tertiary/aromatic N) is 3. The Morgan fingerprint density at radius 3 is 2.02 bits per heavy atom. The van der Waals surface area contributed by atoms with Gasteiger partial charge in [0.25, 0.3) is 0 Å². The van der Waals surface area contributed by atoms with E-state index >= 15 is 4.39 Å². The number of amides is 2. The number of pyridine rings is 2. The maximum absolute atomic E-state index is 15.9. The minimum absolute atomic E-state index is 0.0315. The fourth-order valence-corrected chi connectivity index (χ4v) is 3.64. The van der Waals surface area contributed by atoms with Gasteiger partial charge in [0.15, 0.2) is 11.6 Å². The second kappa shape index (κ2) is 12.4. The zero-order chi connectivity index (χ0) is 32.3. The van der Waals surface area contributed by atoms with Crippen LogP contribution in [0.15, 0.2) is 42.9 Å². The molecule has 0 radical (unpaired) electrons. The first kappa shape index (κ1) is 33.0. The number of carbonyl (C=O) groups is 2. The summed E-state index contributed by atoms with van der Waals surface area (Å²) in [4.78, 5) is 34.4. The lowest BCUT2D eigenvalue weighted by molar-refractivity contribution is -0.274. The molecule has 14 heteroatoms. The normalized spacial score (nSPS) is 12.0. The molecule has 0 aliphatic heterocycles. The average Bonchev–Trinajstić information content (AvgIpc) is 2.82. The van der Waals surface area contributed by atoms with Crippen molar-refractivity contribution in [1.82, 2.24) is 9.97 Å². The monoisotopic (exact) mass is 610 g/mol. The van der Waals surface area contributed by atoms with Crippen LogP contribution in [0.3, 0.4) is 0 Å². The molecule has 0 atom stereocenters. The largest absolute Gasteiger partial charge is 0.573 e. The topological polar surface area (TPSA) is 103 Å². The molecule has 9 nitrogen and oxygen atoms in total. The summed E-state index contributed by atoms with van der Waals surface area (Å²) < 4.78 is 82.1. The molecule has 0 unspecified atom stereocenters. The lowest BCUT2D eigenvalue weighted by Crippen LogP contribution is -2.44. The van der Waals surface area contributed by atoms with Crippen LogP contribution in [0.25, 0.3) is 0 Å². The number of nitrogens with one attached hydrogen (secondary N) is 1. The highest BCUT2D eigenvalue weighted by Gasteiger charge is 2.36. The molecule has 0 saturated heterocycles. The lowest BCUT2D eigenvalue weighted by atomic mass is 10.0. The van der Waals surface area contributed by atoms with Gasteiger partial charge in [-0.25, -0.2) is 23.4 Å². The zero-order valence-electron chi connectivity index (χ0n) is 24.5. The third-order valence-corrected chi connectivity index (χ3v) is 5.46. The molecule has 0 aliphatic rings. The molecule has 0 saturated carbocycles. The van der Waals surface area contributed by atoms with Gasteiger partial charge in [0, 0.05) is 24.9 Å². The molecule has 1 N–H and O–H groups in total. The van der Waals surface area contributed by atoms with E-state index in [9.17, 15) is 27.2 Å². The SMILES string of the molecule is Cc1c(Cc2ccnc(N(C(=O)OC(C)(C)C)C(=O)OC(C)(C)C)c2F)cncc1Nc1ccc(OC(F)(F)F)cc1F. The molecule has 2 amide bonds. The minimum Gasteiger partial charge on any atom is -0.443 e.